The van der Waals surface area contributed by atoms with Crippen LogP contribution in [0, 0.1) is 0 Å². The van der Waals surface area contributed by atoms with Gasteiger partial charge in [-0.05, 0) is 38.5 Å². The molecule has 0 aromatic carbocycles. The number of aliphatic hydroxyl groups excluding tert-OH is 4. The van der Waals surface area contributed by atoms with Crippen molar-refractivity contribution in [1.29, 1.82) is 0 Å². The van der Waals surface area contributed by atoms with Crippen LogP contribution in [0.2, 0.25) is 0 Å². The minimum Gasteiger partial charge on any atom is -0.394 e. The molecule has 0 radical (unpaired) electrons. The van der Waals surface area contributed by atoms with E-state index in [9.17, 15) is 25.2 Å². The van der Waals surface area contributed by atoms with Crippen molar-refractivity contribution in [2.75, 3.05) is 6.61 Å². The molecule has 4 unspecified atom stereocenters. The van der Waals surface area contributed by atoms with Crippen LogP contribution in [0.4, 0.5) is 0 Å². The van der Waals surface area contributed by atoms with Crippen molar-refractivity contribution in [3.05, 3.63) is 12.2 Å². The third-order valence-electron chi connectivity index (χ3n) is 12.2. The second kappa shape index (κ2) is 46.1. The minimum absolute atomic E-state index is 0.372. The van der Waals surface area contributed by atoms with Gasteiger partial charge in [-0.2, -0.15) is 0 Å². The first kappa shape index (κ1) is 56.0. The third kappa shape index (κ3) is 40.2. The molecule has 0 aliphatic heterocycles. The summed E-state index contributed by atoms with van der Waals surface area (Å²) in [5.41, 5.74) is 0. The Morgan fingerprint density at radius 3 is 1.02 bits per heavy atom. The zero-order valence-corrected chi connectivity index (χ0v) is 38.4. The molecule has 0 saturated carbocycles. The van der Waals surface area contributed by atoms with E-state index in [4.69, 9.17) is 0 Å². The van der Waals surface area contributed by atoms with E-state index in [0.29, 0.717) is 12.8 Å². The normalized spacial score (nSPS) is 14.0. The zero-order valence-electron chi connectivity index (χ0n) is 38.4. The van der Waals surface area contributed by atoms with Crippen LogP contribution in [0.3, 0.4) is 0 Å². The maximum Gasteiger partial charge on any atom is 0.249 e. The quantitative estimate of drug-likeness (QED) is 0.0311. The fraction of sp³-hybridized carbons (Fsp3) is 0.941. The Hall–Kier alpha value is -0.950. The molecule has 6 heteroatoms. The van der Waals surface area contributed by atoms with Gasteiger partial charge in [0.1, 0.15) is 12.2 Å². The topological polar surface area (TPSA) is 110 Å². The van der Waals surface area contributed by atoms with Crippen molar-refractivity contribution in [3.63, 3.8) is 0 Å². The van der Waals surface area contributed by atoms with E-state index in [1.807, 2.05) is 0 Å². The number of hydrogen-bond donors (Lipinski definition) is 5. The first-order valence-corrected chi connectivity index (χ1v) is 25.6. The molecule has 340 valence electrons. The van der Waals surface area contributed by atoms with Gasteiger partial charge in [-0.3, -0.25) is 4.79 Å². The fourth-order valence-electron chi connectivity index (χ4n) is 8.17. The van der Waals surface area contributed by atoms with Crippen molar-refractivity contribution >= 4 is 5.91 Å². The second-order valence-electron chi connectivity index (χ2n) is 17.9. The zero-order chi connectivity index (χ0) is 41.7. The van der Waals surface area contributed by atoms with E-state index in [1.165, 1.54) is 212 Å². The van der Waals surface area contributed by atoms with E-state index in [2.05, 4.69) is 31.3 Å². The highest BCUT2D eigenvalue weighted by molar-refractivity contribution is 5.80. The van der Waals surface area contributed by atoms with Gasteiger partial charge < -0.3 is 25.7 Å². The van der Waals surface area contributed by atoms with Gasteiger partial charge in [0, 0.05) is 0 Å². The Labute approximate surface area is 355 Å². The van der Waals surface area contributed by atoms with Gasteiger partial charge in [0.2, 0.25) is 5.91 Å². The molecule has 0 spiro atoms. The summed E-state index contributed by atoms with van der Waals surface area (Å²) in [6.45, 7) is 4.06. The van der Waals surface area contributed by atoms with Crippen molar-refractivity contribution in [2.45, 2.75) is 301 Å². The lowest BCUT2D eigenvalue weighted by molar-refractivity contribution is -0.132. The van der Waals surface area contributed by atoms with Crippen molar-refractivity contribution < 1.29 is 25.2 Å². The minimum atomic E-state index is -1.25. The average Bonchev–Trinajstić information content (AvgIpc) is 3.22. The number of unbranched alkanes of at least 4 members (excludes halogenated alkanes) is 36. The predicted molar refractivity (Wildman–Crippen MR) is 247 cm³/mol. The highest BCUT2D eigenvalue weighted by Gasteiger charge is 2.28. The maximum absolute atomic E-state index is 12.5. The molecule has 0 aliphatic carbocycles. The summed E-state index contributed by atoms with van der Waals surface area (Å²) in [5, 5.41) is 43.7. The molecule has 0 bridgehead atoms. The van der Waals surface area contributed by atoms with E-state index >= 15 is 0 Å². The van der Waals surface area contributed by atoms with Gasteiger partial charge >= 0.3 is 0 Å². The third-order valence-corrected chi connectivity index (χ3v) is 12.2. The molecular weight excluding hydrogens is 707 g/mol. The SMILES string of the molecule is CCCCCCCCCCCCCC/C=C\CCCCCCCCCCCCCCCC(O)C(=O)NC(CO)C(O)C(O)CCCCCCCCCCCCCC. The summed E-state index contributed by atoms with van der Waals surface area (Å²) < 4.78 is 0. The molecule has 1 amide bonds. The monoisotopic (exact) mass is 808 g/mol. The number of carbonyl (C=O) groups is 1. The number of rotatable bonds is 47. The molecule has 0 aromatic heterocycles. The van der Waals surface area contributed by atoms with E-state index in [1.54, 1.807) is 0 Å². The molecule has 0 heterocycles. The van der Waals surface area contributed by atoms with E-state index in [0.717, 1.165) is 38.5 Å². The molecule has 0 saturated heterocycles. The fourth-order valence-corrected chi connectivity index (χ4v) is 8.17. The summed E-state index contributed by atoms with van der Waals surface area (Å²) in [6, 6.07) is -0.981. The van der Waals surface area contributed by atoms with Crippen molar-refractivity contribution in [3.8, 4) is 0 Å². The summed E-state index contributed by atoms with van der Waals surface area (Å²) >= 11 is 0. The Morgan fingerprint density at radius 1 is 0.421 bits per heavy atom. The molecule has 5 N–H and O–H groups in total. The number of carbonyl (C=O) groups excluding carboxylic acids is 1. The van der Waals surface area contributed by atoms with Crippen LogP contribution >= 0.6 is 0 Å². The van der Waals surface area contributed by atoms with Crippen LogP contribution in [-0.4, -0.2) is 57.3 Å². The van der Waals surface area contributed by atoms with E-state index < -0.39 is 36.9 Å². The van der Waals surface area contributed by atoms with Crippen LogP contribution in [-0.2, 0) is 4.79 Å². The Morgan fingerprint density at radius 2 is 0.702 bits per heavy atom. The molecule has 57 heavy (non-hydrogen) atoms. The lowest BCUT2D eigenvalue weighted by Gasteiger charge is -2.27. The summed E-state index contributed by atoms with van der Waals surface area (Å²) in [7, 11) is 0. The van der Waals surface area contributed by atoms with Crippen LogP contribution < -0.4 is 5.32 Å². The van der Waals surface area contributed by atoms with Crippen LogP contribution in [0.25, 0.3) is 0 Å². The molecular formula is C51H101NO5. The Kier molecular flexibility index (Phi) is 45.4. The summed E-state index contributed by atoms with van der Waals surface area (Å²) in [4.78, 5) is 12.5. The number of allylic oxidation sites excluding steroid dienone is 2. The van der Waals surface area contributed by atoms with Gasteiger partial charge in [0.05, 0.1) is 18.8 Å². The maximum atomic E-state index is 12.5. The standard InChI is InChI=1S/C51H101NO5/c1-3-5-7-9-11-13-15-17-18-19-20-21-22-23-24-25-26-27-28-29-30-31-32-33-35-37-39-41-43-45-49(55)51(57)52-47(46-53)50(56)48(54)44-42-40-38-36-34-16-14-12-10-8-6-4-2/h23-24,47-50,53-56H,3-22,25-46H2,1-2H3,(H,52,57)/b24-23-. The summed E-state index contributed by atoms with van der Waals surface area (Å²) in [5.74, 6) is -0.581. The Bertz CT molecular complexity index is 821. The average molecular weight is 808 g/mol. The molecule has 4 atom stereocenters. The lowest BCUT2D eigenvalue weighted by atomic mass is 9.99. The first-order chi connectivity index (χ1) is 28.0. The van der Waals surface area contributed by atoms with Gasteiger partial charge in [-0.15, -0.1) is 0 Å². The molecule has 0 fully saturated rings. The molecule has 0 aromatic rings. The molecule has 0 rings (SSSR count). The smallest absolute Gasteiger partial charge is 0.249 e. The second-order valence-corrected chi connectivity index (χ2v) is 17.9. The van der Waals surface area contributed by atoms with Gasteiger partial charge in [0.25, 0.3) is 0 Å². The number of amides is 1. The lowest BCUT2D eigenvalue weighted by Crippen LogP contribution is -2.53. The molecule has 0 aliphatic rings. The van der Waals surface area contributed by atoms with Gasteiger partial charge in [0.15, 0.2) is 0 Å². The highest BCUT2D eigenvalue weighted by atomic mass is 16.3. The van der Waals surface area contributed by atoms with Crippen LogP contribution in [0.1, 0.15) is 277 Å². The van der Waals surface area contributed by atoms with Crippen molar-refractivity contribution in [2.24, 2.45) is 0 Å². The largest absolute Gasteiger partial charge is 0.394 e. The predicted octanol–water partition coefficient (Wildman–Crippen LogP) is 14.1. The highest BCUT2D eigenvalue weighted by Crippen LogP contribution is 2.17. The number of hydrogen-bond acceptors (Lipinski definition) is 5. The van der Waals surface area contributed by atoms with Crippen LogP contribution in [0.15, 0.2) is 12.2 Å². The Balaban J connectivity index is 3.58. The number of aliphatic hydroxyl groups is 4. The summed E-state index contributed by atoms with van der Waals surface area (Å²) in [6.07, 6.45) is 52.7. The first-order valence-electron chi connectivity index (χ1n) is 25.6. The number of nitrogens with one attached hydrogen (secondary N) is 1. The van der Waals surface area contributed by atoms with E-state index in [-0.39, 0.29) is 0 Å². The van der Waals surface area contributed by atoms with Gasteiger partial charge in [-0.1, -0.05) is 251 Å². The molecule has 6 nitrogen and oxygen atoms in total. The van der Waals surface area contributed by atoms with Crippen molar-refractivity contribution in [1.82, 2.24) is 5.32 Å². The van der Waals surface area contributed by atoms with Crippen LogP contribution in [0.5, 0.6) is 0 Å². The van der Waals surface area contributed by atoms with Gasteiger partial charge in [-0.25, -0.2) is 0 Å².